The van der Waals surface area contributed by atoms with Gasteiger partial charge in [-0.1, -0.05) is 12.8 Å². The standard InChI is InChI=1S/C18H24N4O3/c23-17-13-10-21(12-3-1-2-4-12)18(24)16(13)19-15-9-14(20-22(15)17)11-5-7-25-8-6-11/h9,11-12,14,19-20H,1-8,10H2/i/hD. The Bertz CT molecular complexity index is 709. The number of carbonyl (C=O) groups is 2. The van der Waals surface area contributed by atoms with Gasteiger partial charge in [0, 0.05) is 19.3 Å². The van der Waals surface area contributed by atoms with Gasteiger partial charge in [0.2, 0.25) is 0 Å². The number of amides is 2. The fourth-order valence-corrected chi connectivity index (χ4v) is 4.67. The van der Waals surface area contributed by atoms with Crippen molar-refractivity contribution in [3.05, 3.63) is 23.2 Å². The molecule has 2 amide bonds. The molecule has 1 saturated carbocycles. The summed E-state index contributed by atoms with van der Waals surface area (Å²) in [6, 6.07) is 0.0834. The van der Waals surface area contributed by atoms with Crippen LogP contribution in [-0.4, -0.2) is 53.6 Å². The summed E-state index contributed by atoms with van der Waals surface area (Å²) in [7, 11) is 0. The molecule has 0 aromatic heterocycles. The number of ether oxygens (including phenoxy) is 1. The highest BCUT2D eigenvalue weighted by molar-refractivity contribution is 6.10. The summed E-state index contributed by atoms with van der Waals surface area (Å²) in [5, 5.41) is 4.57. The predicted molar refractivity (Wildman–Crippen MR) is 89.5 cm³/mol. The fraction of sp³-hybridized carbons (Fsp3) is 0.667. The van der Waals surface area contributed by atoms with E-state index in [1.54, 1.807) is 0 Å². The molecule has 0 spiro atoms. The molecule has 0 bridgehead atoms. The molecule has 5 rings (SSSR count). The lowest BCUT2D eigenvalue weighted by atomic mass is 9.92. The first kappa shape index (κ1) is 14.3. The Hall–Kier alpha value is -1.86. The van der Waals surface area contributed by atoms with E-state index in [0.717, 1.165) is 38.5 Å². The molecule has 1 atom stereocenters. The average Bonchev–Trinajstić information content (AvgIpc) is 3.36. The minimum Gasteiger partial charge on any atom is -0.381 e. The van der Waals surface area contributed by atoms with Crippen LogP contribution in [0.5, 0.6) is 0 Å². The molecule has 0 radical (unpaired) electrons. The van der Waals surface area contributed by atoms with E-state index in [1.807, 2.05) is 11.0 Å². The minimum atomic E-state index is -0.233. The number of hydrazine groups is 1. The first-order chi connectivity index (χ1) is 12.6. The first-order valence-electron chi connectivity index (χ1n) is 9.83. The molecule has 2 fully saturated rings. The lowest BCUT2D eigenvalue weighted by Gasteiger charge is -2.30. The zero-order chi connectivity index (χ0) is 17.8. The Labute approximate surface area is 148 Å². The van der Waals surface area contributed by atoms with Crippen LogP contribution in [0.25, 0.3) is 0 Å². The van der Waals surface area contributed by atoms with Crippen LogP contribution < -0.4 is 10.7 Å². The molecule has 7 heteroatoms. The summed E-state index contributed by atoms with van der Waals surface area (Å²) in [5.41, 5.74) is 2.21. The van der Waals surface area contributed by atoms with Gasteiger partial charge in [0.05, 0.1) is 18.2 Å². The van der Waals surface area contributed by atoms with Crippen LogP contribution in [0, 0.1) is 5.92 Å². The molecule has 5 aliphatic rings. The topological polar surface area (TPSA) is 73.9 Å². The second-order valence-corrected chi connectivity index (χ2v) is 7.57. The van der Waals surface area contributed by atoms with Gasteiger partial charge < -0.3 is 15.0 Å². The van der Waals surface area contributed by atoms with Gasteiger partial charge in [-0.2, -0.15) is 0 Å². The largest absolute Gasteiger partial charge is 0.381 e. The molecule has 2 N–H and O–H groups in total. The maximum atomic E-state index is 13.1. The summed E-state index contributed by atoms with van der Waals surface area (Å²) in [6.45, 7) is 1.76. The average molecular weight is 345 g/mol. The van der Waals surface area contributed by atoms with Gasteiger partial charge in [-0.15, -0.1) is 0 Å². The van der Waals surface area contributed by atoms with Crippen molar-refractivity contribution < 1.29 is 15.7 Å². The van der Waals surface area contributed by atoms with Gasteiger partial charge in [0.25, 0.3) is 11.8 Å². The van der Waals surface area contributed by atoms with Gasteiger partial charge in [-0.25, -0.2) is 10.4 Å². The number of hydrogen-bond donors (Lipinski definition) is 2. The lowest BCUT2D eigenvalue weighted by Crippen LogP contribution is -2.50. The smallest absolute Gasteiger partial charge is 0.274 e. The van der Waals surface area contributed by atoms with Crippen molar-refractivity contribution in [2.24, 2.45) is 5.92 Å². The van der Waals surface area contributed by atoms with E-state index >= 15 is 0 Å². The Balaban J connectivity index is 1.39. The summed E-state index contributed by atoms with van der Waals surface area (Å²) < 4.78 is 13.9. The van der Waals surface area contributed by atoms with Crippen LogP contribution in [0.1, 0.15) is 38.5 Å². The highest BCUT2D eigenvalue weighted by Crippen LogP contribution is 2.34. The van der Waals surface area contributed by atoms with Crippen LogP contribution in [-0.2, 0) is 14.3 Å². The molecular weight excluding hydrogens is 320 g/mol. The molecule has 7 nitrogen and oxygen atoms in total. The summed E-state index contributed by atoms with van der Waals surface area (Å²) in [4.78, 5) is 27.8. The van der Waals surface area contributed by atoms with Gasteiger partial charge >= 0.3 is 0 Å². The Morgan fingerprint density at radius 1 is 1.12 bits per heavy atom. The van der Waals surface area contributed by atoms with Crippen LogP contribution >= 0.6 is 0 Å². The van der Waals surface area contributed by atoms with Crippen molar-refractivity contribution in [3.63, 3.8) is 0 Å². The first-order valence-corrected chi connectivity index (χ1v) is 9.38. The maximum Gasteiger partial charge on any atom is 0.274 e. The zero-order valence-corrected chi connectivity index (χ0v) is 14.2. The van der Waals surface area contributed by atoms with Crippen molar-refractivity contribution >= 4 is 11.8 Å². The monoisotopic (exact) mass is 345 g/mol. The van der Waals surface area contributed by atoms with E-state index in [1.165, 1.54) is 10.4 Å². The summed E-state index contributed by atoms with van der Waals surface area (Å²) in [5.74, 6) is 0.548. The van der Waals surface area contributed by atoms with Crippen molar-refractivity contribution in [1.29, 1.82) is 0 Å². The van der Waals surface area contributed by atoms with Crippen molar-refractivity contribution in [3.8, 4) is 0 Å². The highest BCUT2D eigenvalue weighted by atomic mass is 16.5. The van der Waals surface area contributed by atoms with E-state index in [9.17, 15) is 9.59 Å². The van der Waals surface area contributed by atoms with E-state index in [0.29, 0.717) is 36.8 Å². The normalized spacial score (nSPS) is 32.1. The predicted octanol–water partition coefficient (Wildman–Crippen LogP) is 0.612. The van der Waals surface area contributed by atoms with Crippen LogP contribution in [0.2, 0.25) is 1.41 Å². The SMILES string of the molecule is [2H]N1C(C2CCOCC2)C=C2NC3=C(CN(C4CCCC4)C3=O)C(=O)N21. The highest BCUT2D eigenvalue weighted by Gasteiger charge is 2.46. The number of nitrogens with zero attached hydrogens (tertiary/aromatic N) is 2. The van der Waals surface area contributed by atoms with Gasteiger partial charge in [0.1, 0.15) is 12.9 Å². The third kappa shape index (κ3) is 2.40. The molecule has 1 aliphatic carbocycles. The Morgan fingerprint density at radius 2 is 1.88 bits per heavy atom. The minimum absolute atomic E-state index is 0.0631. The third-order valence-corrected chi connectivity index (χ3v) is 6.13. The molecule has 0 aromatic rings. The van der Waals surface area contributed by atoms with Gasteiger partial charge in [-0.05, 0) is 37.7 Å². The van der Waals surface area contributed by atoms with E-state index < -0.39 is 0 Å². The van der Waals surface area contributed by atoms with Crippen LogP contribution in [0.3, 0.4) is 0 Å². The number of rotatable bonds is 2. The Morgan fingerprint density at radius 3 is 2.64 bits per heavy atom. The van der Waals surface area contributed by atoms with Crippen molar-refractivity contribution in [2.75, 3.05) is 19.8 Å². The Kier molecular flexibility index (Phi) is 3.35. The summed E-state index contributed by atoms with van der Waals surface area (Å²) in [6.07, 6.45) is 8.01. The summed E-state index contributed by atoms with van der Waals surface area (Å²) >= 11 is 0. The van der Waals surface area contributed by atoms with E-state index in [2.05, 4.69) is 5.32 Å². The quantitative estimate of drug-likeness (QED) is 0.767. The van der Waals surface area contributed by atoms with Gasteiger partial charge in [-0.3, -0.25) is 9.59 Å². The lowest BCUT2D eigenvalue weighted by molar-refractivity contribution is -0.129. The second-order valence-electron chi connectivity index (χ2n) is 7.57. The fourth-order valence-electron chi connectivity index (χ4n) is 4.67. The van der Waals surface area contributed by atoms with E-state index in [-0.39, 0.29) is 29.8 Å². The van der Waals surface area contributed by atoms with Crippen LogP contribution in [0.15, 0.2) is 23.2 Å². The molecule has 1 saturated heterocycles. The van der Waals surface area contributed by atoms with Crippen molar-refractivity contribution in [1.82, 2.24) is 20.6 Å². The van der Waals surface area contributed by atoms with E-state index in [4.69, 9.17) is 6.15 Å². The third-order valence-electron chi connectivity index (χ3n) is 6.13. The second kappa shape index (κ2) is 5.85. The number of hydrogen-bond acceptors (Lipinski definition) is 5. The molecule has 134 valence electrons. The van der Waals surface area contributed by atoms with Crippen LogP contribution in [0.4, 0.5) is 0 Å². The maximum absolute atomic E-state index is 13.1. The number of fused-ring (bicyclic) bond motifs is 1. The molecule has 25 heavy (non-hydrogen) atoms. The molecule has 0 aromatic carbocycles. The molecule has 4 heterocycles. The van der Waals surface area contributed by atoms with Gasteiger partial charge in [0.15, 0.2) is 0 Å². The number of carbonyl (C=O) groups excluding carboxylic acids is 2. The zero-order valence-electron chi connectivity index (χ0n) is 15.2. The number of nitrogens with one attached hydrogen (secondary N) is 2. The molecular formula is C18H24N4O3. The molecule has 1 unspecified atom stereocenters. The van der Waals surface area contributed by atoms with Crippen molar-refractivity contribution in [2.45, 2.75) is 50.6 Å². The molecule has 4 aliphatic heterocycles.